The van der Waals surface area contributed by atoms with Gasteiger partial charge < -0.3 is 5.32 Å². The first-order chi connectivity index (χ1) is 8.35. The lowest BCUT2D eigenvalue weighted by Crippen LogP contribution is -2.24. The van der Waals surface area contributed by atoms with Crippen molar-refractivity contribution in [2.24, 2.45) is 5.41 Å². The first kappa shape index (κ1) is 13.5. The molecule has 3 nitrogen and oxygen atoms in total. The SMILES string of the molecule is CC1(C)CC(=O)C=C(Nc2ncc(F)cc2I)C1. The van der Waals surface area contributed by atoms with Crippen LogP contribution in [0.25, 0.3) is 0 Å². The Bertz CT molecular complexity index is 526. The van der Waals surface area contributed by atoms with E-state index < -0.39 is 0 Å². The van der Waals surface area contributed by atoms with Gasteiger partial charge in [0.25, 0.3) is 0 Å². The van der Waals surface area contributed by atoms with Crippen molar-refractivity contribution < 1.29 is 9.18 Å². The predicted octanol–water partition coefficient (Wildman–Crippen LogP) is 3.51. The molecule has 0 atom stereocenters. The average Bonchev–Trinajstić information content (AvgIpc) is 2.19. The molecule has 0 amide bonds. The molecule has 18 heavy (non-hydrogen) atoms. The van der Waals surface area contributed by atoms with Crippen molar-refractivity contribution in [2.45, 2.75) is 26.7 Å². The Kier molecular flexibility index (Phi) is 3.70. The number of nitrogens with zero attached hydrogens (tertiary/aromatic N) is 1. The van der Waals surface area contributed by atoms with Crippen LogP contribution in [0.4, 0.5) is 10.2 Å². The number of rotatable bonds is 2. The van der Waals surface area contributed by atoms with Crippen LogP contribution in [-0.4, -0.2) is 10.8 Å². The molecular formula is C13H14FIN2O. The molecule has 0 bridgehead atoms. The van der Waals surface area contributed by atoms with Crippen LogP contribution in [0, 0.1) is 14.8 Å². The van der Waals surface area contributed by atoms with Crippen molar-refractivity contribution in [1.82, 2.24) is 4.98 Å². The van der Waals surface area contributed by atoms with Crippen molar-refractivity contribution in [3.63, 3.8) is 0 Å². The lowest BCUT2D eigenvalue weighted by Gasteiger charge is -2.29. The molecule has 0 aliphatic heterocycles. The van der Waals surface area contributed by atoms with E-state index in [2.05, 4.69) is 24.1 Å². The minimum absolute atomic E-state index is 0.0420. The molecule has 1 heterocycles. The summed E-state index contributed by atoms with van der Waals surface area (Å²) in [5.41, 5.74) is 0.799. The fourth-order valence-corrected chi connectivity index (χ4v) is 2.66. The summed E-state index contributed by atoms with van der Waals surface area (Å²) in [5, 5.41) is 3.12. The number of allylic oxidation sites excluding steroid dienone is 2. The molecule has 1 aliphatic carbocycles. The van der Waals surface area contributed by atoms with Crippen molar-refractivity contribution in [1.29, 1.82) is 0 Å². The Morgan fingerprint density at radius 3 is 2.78 bits per heavy atom. The summed E-state index contributed by atoms with van der Waals surface area (Å²) in [6.45, 7) is 4.12. The lowest BCUT2D eigenvalue weighted by molar-refractivity contribution is -0.117. The first-order valence-electron chi connectivity index (χ1n) is 5.67. The van der Waals surface area contributed by atoms with Gasteiger partial charge in [0.05, 0.1) is 9.77 Å². The molecule has 1 aromatic heterocycles. The van der Waals surface area contributed by atoms with Gasteiger partial charge in [-0.25, -0.2) is 9.37 Å². The molecule has 1 aliphatic rings. The average molecular weight is 360 g/mol. The van der Waals surface area contributed by atoms with Crippen LogP contribution in [-0.2, 0) is 4.79 Å². The number of halogens is 2. The smallest absolute Gasteiger partial charge is 0.157 e. The summed E-state index contributed by atoms with van der Waals surface area (Å²) in [6, 6.07) is 1.41. The summed E-state index contributed by atoms with van der Waals surface area (Å²) in [6.07, 6.45) is 4.13. The first-order valence-corrected chi connectivity index (χ1v) is 6.75. The molecule has 0 spiro atoms. The zero-order chi connectivity index (χ0) is 13.3. The standard InChI is InChI=1S/C13H14FIN2O/c1-13(2)5-9(4-10(18)6-13)17-12-11(15)3-8(14)7-16-12/h3-4,7H,5-6H2,1-2H3,(H,16,17). The second-order valence-corrected chi connectivity index (χ2v) is 6.42. The fraction of sp³-hybridized carbons (Fsp3) is 0.385. The Morgan fingerprint density at radius 1 is 1.44 bits per heavy atom. The van der Waals surface area contributed by atoms with E-state index in [4.69, 9.17) is 0 Å². The number of ketones is 1. The van der Waals surface area contributed by atoms with Crippen LogP contribution in [0.2, 0.25) is 0 Å². The molecule has 5 heteroatoms. The topological polar surface area (TPSA) is 42.0 Å². The van der Waals surface area contributed by atoms with Crippen LogP contribution < -0.4 is 5.32 Å². The van der Waals surface area contributed by atoms with Crippen molar-refractivity contribution >= 4 is 34.2 Å². The number of anilines is 1. The molecule has 0 aromatic carbocycles. The number of nitrogens with one attached hydrogen (secondary N) is 1. The summed E-state index contributed by atoms with van der Waals surface area (Å²) in [5.74, 6) is 0.346. The van der Waals surface area contributed by atoms with Crippen LogP contribution in [0.3, 0.4) is 0 Å². The lowest BCUT2D eigenvalue weighted by atomic mass is 9.79. The zero-order valence-corrected chi connectivity index (χ0v) is 12.4. The van der Waals surface area contributed by atoms with Crippen molar-refractivity contribution in [2.75, 3.05) is 5.32 Å². The number of aromatic nitrogens is 1. The van der Waals surface area contributed by atoms with E-state index in [1.807, 2.05) is 22.6 Å². The molecule has 1 N–H and O–H groups in total. The molecule has 0 fully saturated rings. The van der Waals surface area contributed by atoms with Gasteiger partial charge in [-0.1, -0.05) is 13.8 Å². The highest BCUT2D eigenvalue weighted by Crippen LogP contribution is 2.34. The summed E-state index contributed by atoms with van der Waals surface area (Å²) >= 11 is 2.02. The highest BCUT2D eigenvalue weighted by atomic mass is 127. The van der Waals surface area contributed by atoms with Gasteiger partial charge in [-0.3, -0.25) is 4.79 Å². The molecular weight excluding hydrogens is 346 g/mol. The molecule has 0 saturated heterocycles. The van der Waals surface area contributed by atoms with Crippen molar-refractivity contribution in [3.8, 4) is 0 Å². The number of carbonyl (C=O) groups excluding carboxylic acids is 1. The quantitative estimate of drug-likeness (QED) is 0.821. The van der Waals surface area contributed by atoms with Gasteiger partial charge in [0.15, 0.2) is 5.78 Å². The second kappa shape index (κ2) is 4.95. The summed E-state index contributed by atoms with van der Waals surface area (Å²) in [4.78, 5) is 15.6. The third-order valence-electron chi connectivity index (χ3n) is 2.74. The Hall–Kier alpha value is -0.980. The molecule has 0 unspecified atom stereocenters. The highest BCUT2D eigenvalue weighted by Gasteiger charge is 2.27. The highest BCUT2D eigenvalue weighted by molar-refractivity contribution is 14.1. The van der Waals surface area contributed by atoms with E-state index in [1.165, 1.54) is 12.3 Å². The maximum atomic E-state index is 12.9. The minimum Gasteiger partial charge on any atom is -0.343 e. The second-order valence-electron chi connectivity index (χ2n) is 5.26. The van der Waals surface area contributed by atoms with Crippen LogP contribution in [0.5, 0.6) is 0 Å². The molecule has 2 rings (SSSR count). The number of hydrogen-bond acceptors (Lipinski definition) is 3. The number of pyridine rings is 1. The van der Waals surface area contributed by atoms with Gasteiger partial charge in [-0.05, 0) is 40.5 Å². The largest absolute Gasteiger partial charge is 0.343 e. The third-order valence-corrected chi connectivity index (χ3v) is 3.57. The minimum atomic E-state index is -0.362. The Balaban J connectivity index is 2.21. The van der Waals surface area contributed by atoms with Gasteiger partial charge in [0.1, 0.15) is 11.6 Å². The molecule has 0 radical (unpaired) electrons. The van der Waals surface area contributed by atoms with Gasteiger partial charge in [-0.15, -0.1) is 0 Å². The molecule has 1 aromatic rings. The van der Waals surface area contributed by atoms with E-state index in [0.717, 1.165) is 12.1 Å². The molecule has 96 valence electrons. The van der Waals surface area contributed by atoms with E-state index in [9.17, 15) is 9.18 Å². The normalized spacial score (nSPS) is 18.4. The number of carbonyl (C=O) groups is 1. The molecule has 0 saturated carbocycles. The summed E-state index contributed by atoms with van der Waals surface area (Å²) < 4.78 is 13.6. The van der Waals surface area contributed by atoms with Crippen LogP contribution >= 0.6 is 22.6 Å². The van der Waals surface area contributed by atoms with E-state index >= 15 is 0 Å². The maximum Gasteiger partial charge on any atom is 0.157 e. The van der Waals surface area contributed by atoms with Crippen molar-refractivity contribution in [3.05, 3.63) is 33.4 Å². The van der Waals surface area contributed by atoms with E-state index in [0.29, 0.717) is 15.8 Å². The Morgan fingerprint density at radius 2 is 2.17 bits per heavy atom. The predicted molar refractivity (Wildman–Crippen MR) is 76.6 cm³/mol. The monoisotopic (exact) mass is 360 g/mol. The van der Waals surface area contributed by atoms with Crippen LogP contribution in [0.1, 0.15) is 26.7 Å². The van der Waals surface area contributed by atoms with E-state index in [1.54, 1.807) is 6.08 Å². The zero-order valence-electron chi connectivity index (χ0n) is 10.3. The number of hydrogen-bond donors (Lipinski definition) is 1. The van der Waals surface area contributed by atoms with E-state index in [-0.39, 0.29) is 17.0 Å². The maximum absolute atomic E-state index is 12.9. The fourth-order valence-electron chi connectivity index (χ4n) is 2.09. The third kappa shape index (κ3) is 3.28. The van der Waals surface area contributed by atoms with Gasteiger partial charge in [0, 0.05) is 18.2 Å². The van der Waals surface area contributed by atoms with Gasteiger partial charge >= 0.3 is 0 Å². The van der Waals surface area contributed by atoms with Gasteiger partial charge in [-0.2, -0.15) is 0 Å². The Labute approximate surface area is 119 Å². The van der Waals surface area contributed by atoms with Crippen LogP contribution in [0.15, 0.2) is 24.0 Å². The summed E-state index contributed by atoms with van der Waals surface area (Å²) in [7, 11) is 0. The van der Waals surface area contributed by atoms with Gasteiger partial charge in [0.2, 0.25) is 0 Å².